The minimum atomic E-state index is -0.583. The molecule has 0 aliphatic carbocycles. The molecule has 3 rings (SSSR count). The number of nitrogens with one attached hydrogen (secondary N) is 1. The summed E-state index contributed by atoms with van der Waals surface area (Å²) in [7, 11) is 0. The molecular weight excluding hydrogens is 439 g/mol. The smallest absolute Gasteiger partial charge is 0.288 e. The van der Waals surface area contributed by atoms with Crippen molar-refractivity contribution in [1.29, 1.82) is 0 Å². The maximum atomic E-state index is 12.2. The Morgan fingerprint density at radius 1 is 1.14 bits per heavy atom. The predicted octanol–water partition coefficient (Wildman–Crippen LogP) is 5.45. The second-order valence-corrected chi connectivity index (χ2v) is 7.15. The van der Waals surface area contributed by atoms with Crippen molar-refractivity contribution in [2.75, 3.05) is 5.32 Å². The number of anilines is 1. The van der Waals surface area contributed by atoms with Gasteiger partial charge >= 0.3 is 0 Å². The van der Waals surface area contributed by atoms with Crippen molar-refractivity contribution in [3.05, 3.63) is 91.0 Å². The number of aromatic nitrogens is 2. The zero-order valence-corrected chi connectivity index (χ0v) is 16.9. The normalized spacial score (nSPS) is 11.0. The molecular formula is C19H13Cl3N4O3. The Kier molecular flexibility index (Phi) is 6.53. The molecule has 1 N–H and O–H groups in total. The van der Waals surface area contributed by atoms with E-state index < -0.39 is 10.8 Å². The van der Waals surface area contributed by atoms with Gasteiger partial charge in [-0.15, -0.1) is 0 Å². The molecule has 2 aromatic carbocycles. The molecule has 0 aliphatic rings. The maximum absolute atomic E-state index is 12.2. The Bertz CT molecular complexity index is 1110. The van der Waals surface area contributed by atoms with E-state index in [1.165, 1.54) is 24.3 Å². The molecule has 1 aromatic heterocycles. The van der Waals surface area contributed by atoms with Crippen LogP contribution >= 0.6 is 34.8 Å². The first-order valence-electron chi connectivity index (χ1n) is 8.22. The topological polar surface area (TPSA) is 90.1 Å². The lowest BCUT2D eigenvalue weighted by atomic mass is 10.2. The molecule has 148 valence electrons. The van der Waals surface area contributed by atoms with Gasteiger partial charge in [0.2, 0.25) is 5.91 Å². The standard InChI is InChI=1S/C19H13Cl3N4O3/c20-14-4-3-13(16(22)10-14)11-25-18(7-8-23-25)24-19(27)6-2-12-1-5-15(21)17(9-12)26(28)29/h1-10H,11H2,(H,24,27)/b6-2+. The molecule has 1 heterocycles. The van der Waals surface area contributed by atoms with Crippen molar-refractivity contribution in [2.24, 2.45) is 0 Å². The van der Waals surface area contributed by atoms with Crippen molar-refractivity contribution < 1.29 is 9.72 Å². The van der Waals surface area contributed by atoms with Crippen LogP contribution < -0.4 is 5.32 Å². The zero-order chi connectivity index (χ0) is 21.0. The highest BCUT2D eigenvalue weighted by Crippen LogP contribution is 2.26. The Morgan fingerprint density at radius 3 is 2.66 bits per heavy atom. The molecule has 0 saturated heterocycles. The first-order chi connectivity index (χ1) is 13.8. The van der Waals surface area contributed by atoms with E-state index in [2.05, 4.69) is 10.4 Å². The second-order valence-electron chi connectivity index (χ2n) is 5.90. The van der Waals surface area contributed by atoms with E-state index in [1.807, 2.05) is 0 Å². The number of halogens is 3. The van der Waals surface area contributed by atoms with Crippen molar-refractivity contribution in [3.63, 3.8) is 0 Å². The third-order valence-electron chi connectivity index (χ3n) is 3.90. The lowest BCUT2D eigenvalue weighted by Gasteiger charge is -2.09. The zero-order valence-electron chi connectivity index (χ0n) is 14.7. The minimum Gasteiger partial charge on any atom is -0.307 e. The fourth-order valence-corrected chi connectivity index (χ4v) is 3.14. The average molecular weight is 452 g/mol. The molecule has 0 spiro atoms. The molecule has 0 fully saturated rings. The molecule has 0 bridgehead atoms. The first kappa shape index (κ1) is 20.9. The summed E-state index contributed by atoms with van der Waals surface area (Å²) in [6, 6.07) is 11.0. The highest BCUT2D eigenvalue weighted by Gasteiger charge is 2.12. The number of carbonyl (C=O) groups is 1. The van der Waals surface area contributed by atoms with Gasteiger partial charge in [0.1, 0.15) is 10.8 Å². The van der Waals surface area contributed by atoms with Gasteiger partial charge in [0.25, 0.3) is 5.69 Å². The molecule has 3 aromatic rings. The third kappa shape index (κ3) is 5.35. The van der Waals surface area contributed by atoms with Gasteiger partial charge in [-0.1, -0.05) is 46.9 Å². The third-order valence-corrected chi connectivity index (χ3v) is 4.80. The summed E-state index contributed by atoms with van der Waals surface area (Å²) in [6.07, 6.45) is 4.26. The van der Waals surface area contributed by atoms with E-state index in [0.717, 1.165) is 5.56 Å². The van der Waals surface area contributed by atoms with Crippen LogP contribution in [0.5, 0.6) is 0 Å². The molecule has 0 unspecified atom stereocenters. The highest BCUT2D eigenvalue weighted by molar-refractivity contribution is 6.35. The van der Waals surface area contributed by atoms with E-state index in [1.54, 1.807) is 41.2 Å². The van der Waals surface area contributed by atoms with Crippen LogP contribution in [0.1, 0.15) is 11.1 Å². The van der Waals surface area contributed by atoms with E-state index >= 15 is 0 Å². The Hall–Kier alpha value is -2.87. The van der Waals surface area contributed by atoms with Gasteiger partial charge in [-0.05, 0) is 35.4 Å². The van der Waals surface area contributed by atoms with Crippen LogP contribution in [0, 0.1) is 10.1 Å². The summed E-state index contributed by atoms with van der Waals surface area (Å²) in [6.45, 7) is 0.339. The van der Waals surface area contributed by atoms with Crippen LogP contribution in [0.3, 0.4) is 0 Å². The monoisotopic (exact) mass is 450 g/mol. The summed E-state index contributed by atoms with van der Waals surface area (Å²) in [5.41, 5.74) is 1.03. The minimum absolute atomic E-state index is 0.0290. The number of carbonyl (C=O) groups excluding carboxylic acids is 1. The number of hydrogen-bond acceptors (Lipinski definition) is 4. The Balaban J connectivity index is 1.70. The van der Waals surface area contributed by atoms with Gasteiger partial charge in [0, 0.05) is 28.3 Å². The SMILES string of the molecule is O=C(/C=C/c1ccc(Cl)c([N+](=O)[O-])c1)Nc1ccnn1Cc1ccc(Cl)cc1Cl. The second kappa shape index (κ2) is 9.09. The van der Waals surface area contributed by atoms with Gasteiger partial charge in [0.15, 0.2) is 0 Å². The van der Waals surface area contributed by atoms with Gasteiger partial charge < -0.3 is 5.32 Å². The van der Waals surface area contributed by atoms with E-state index in [9.17, 15) is 14.9 Å². The molecule has 29 heavy (non-hydrogen) atoms. The van der Waals surface area contributed by atoms with Crippen molar-refractivity contribution >= 4 is 58.3 Å². The van der Waals surface area contributed by atoms with Gasteiger partial charge in [-0.25, -0.2) is 4.68 Å². The van der Waals surface area contributed by atoms with Crippen LogP contribution in [0.25, 0.3) is 6.08 Å². The average Bonchev–Trinajstić information content (AvgIpc) is 3.09. The number of benzene rings is 2. The molecule has 0 radical (unpaired) electrons. The van der Waals surface area contributed by atoms with Crippen LogP contribution in [-0.2, 0) is 11.3 Å². The Morgan fingerprint density at radius 2 is 1.93 bits per heavy atom. The summed E-state index contributed by atoms with van der Waals surface area (Å²) in [5.74, 6) is 0.0410. The first-order valence-corrected chi connectivity index (χ1v) is 9.35. The molecule has 0 aliphatic heterocycles. The number of nitro benzene ring substituents is 1. The predicted molar refractivity (Wildman–Crippen MR) is 114 cm³/mol. The van der Waals surface area contributed by atoms with Crippen LogP contribution in [0.15, 0.2) is 54.7 Å². The fraction of sp³-hybridized carbons (Fsp3) is 0.0526. The van der Waals surface area contributed by atoms with Gasteiger partial charge in [0.05, 0.1) is 17.7 Å². The molecule has 0 atom stereocenters. The summed E-state index contributed by atoms with van der Waals surface area (Å²) >= 11 is 17.9. The van der Waals surface area contributed by atoms with Crippen LogP contribution in [0.4, 0.5) is 11.5 Å². The Labute approximate surface area is 180 Å². The van der Waals surface area contributed by atoms with Crippen molar-refractivity contribution in [1.82, 2.24) is 9.78 Å². The van der Waals surface area contributed by atoms with Crippen molar-refractivity contribution in [2.45, 2.75) is 6.54 Å². The molecule has 7 nitrogen and oxygen atoms in total. The highest BCUT2D eigenvalue weighted by atomic mass is 35.5. The van der Waals surface area contributed by atoms with E-state index in [4.69, 9.17) is 34.8 Å². The quantitative estimate of drug-likeness (QED) is 0.306. The van der Waals surface area contributed by atoms with E-state index in [0.29, 0.717) is 28.0 Å². The van der Waals surface area contributed by atoms with Gasteiger partial charge in [-0.2, -0.15) is 5.10 Å². The molecule has 0 saturated carbocycles. The lowest BCUT2D eigenvalue weighted by Crippen LogP contribution is -2.14. The summed E-state index contributed by atoms with van der Waals surface area (Å²) < 4.78 is 1.58. The number of rotatable bonds is 6. The number of hydrogen-bond donors (Lipinski definition) is 1. The van der Waals surface area contributed by atoms with E-state index in [-0.39, 0.29) is 10.7 Å². The fourth-order valence-electron chi connectivity index (χ4n) is 2.49. The van der Waals surface area contributed by atoms with Gasteiger partial charge in [-0.3, -0.25) is 14.9 Å². The number of nitrogens with zero attached hydrogens (tertiary/aromatic N) is 3. The summed E-state index contributed by atoms with van der Waals surface area (Å²) in [4.78, 5) is 22.6. The number of nitro groups is 1. The maximum Gasteiger partial charge on any atom is 0.288 e. The molecule has 10 heteroatoms. The van der Waals surface area contributed by atoms with Crippen molar-refractivity contribution in [3.8, 4) is 0 Å². The van der Waals surface area contributed by atoms with Crippen LogP contribution in [0.2, 0.25) is 15.1 Å². The largest absolute Gasteiger partial charge is 0.307 e. The van der Waals surface area contributed by atoms with Crippen LogP contribution in [-0.4, -0.2) is 20.6 Å². The summed E-state index contributed by atoms with van der Waals surface area (Å²) in [5, 5.41) is 18.9. The lowest BCUT2D eigenvalue weighted by molar-refractivity contribution is -0.384. The molecule has 1 amide bonds. The number of amides is 1.